The number of nitrogen functional groups attached to an aromatic ring is 1. The quantitative estimate of drug-likeness (QED) is 0.645. The predicted molar refractivity (Wildman–Crippen MR) is 77.0 cm³/mol. The van der Waals surface area contributed by atoms with Crippen molar-refractivity contribution in [3.8, 4) is 0 Å². The van der Waals surface area contributed by atoms with Crippen LogP contribution >= 0.6 is 0 Å². The van der Waals surface area contributed by atoms with Gasteiger partial charge in [-0.15, -0.1) is 0 Å². The van der Waals surface area contributed by atoms with Crippen LogP contribution in [0.25, 0.3) is 0 Å². The lowest BCUT2D eigenvalue weighted by atomic mass is 10.1. The number of esters is 1. The van der Waals surface area contributed by atoms with E-state index in [4.69, 9.17) is 10.5 Å². The molecule has 2 rings (SSSR count). The fourth-order valence-electron chi connectivity index (χ4n) is 2.14. The number of hydrogen-bond donors (Lipinski definition) is 1. The third-order valence-corrected chi connectivity index (χ3v) is 4.60. The van der Waals surface area contributed by atoms with E-state index in [1.54, 1.807) is 6.07 Å². The Hall–Kier alpha value is -1.56. The van der Waals surface area contributed by atoms with Gasteiger partial charge in [0.1, 0.15) is 0 Å². The molecule has 1 aromatic rings. The van der Waals surface area contributed by atoms with E-state index in [2.05, 4.69) is 4.90 Å². The summed E-state index contributed by atoms with van der Waals surface area (Å²) in [5.41, 5.74) is 8.54. The minimum atomic E-state index is -0.718. The van der Waals surface area contributed by atoms with Crippen LogP contribution in [0.3, 0.4) is 0 Å². The lowest BCUT2D eigenvalue weighted by Gasteiger charge is -2.29. The number of carbonyl (C=O) groups is 1. The van der Waals surface area contributed by atoms with Gasteiger partial charge in [0.2, 0.25) is 0 Å². The van der Waals surface area contributed by atoms with Gasteiger partial charge < -0.3 is 15.4 Å². The van der Waals surface area contributed by atoms with E-state index in [1.165, 1.54) is 7.11 Å². The molecule has 5 nitrogen and oxygen atoms in total. The summed E-state index contributed by atoms with van der Waals surface area (Å²) in [5, 5.41) is 0. The molecule has 1 aromatic carbocycles. The average molecular weight is 282 g/mol. The molecule has 6 heteroatoms. The summed E-state index contributed by atoms with van der Waals surface area (Å²) in [5.74, 6) is 0.900. The van der Waals surface area contributed by atoms with Gasteiger partial charge in [-0.1, -0.05) is 0 Å². The normalized spacial score (nSPS) is 16.4. The lowest BCUT2D eigenvalue weighted by Crippen LogP contribution is -2.37. The van der Waals surface area contributed by atoms with Crippen molar-refractivity contribution >= 4 is 28.1 Å². The SMILES string of the molecule is COC(=O)c1cc(N2CCS(=O)CC2)cc(C)c1N. The molecule has 0 saturated carbocycles. The van der Waals surface area contributed by atoms with E-state index in [0.29, 0.717) is 22.8 Å². The number of aryl methyl sites for hydroxylation is 1. The third kappa shape index (κ3) is 2.89. The summed E-state index contributed by atoms with van der Waals surface area (Å²) in [6, 6.07) is 3.71. The minimum Gasteiger partial charge on any atom is -0.465 e. The van der Waals surface area contributed by atoms with Crippen molar-refractivity contribution in [1.82, 2.24) is 0 Å². The number of rotatable bonds is 2. The van der Waals surface area contributed by atoms with Crippen molar-refractivity contribution in [2.24, 2.45) is 0 Å². The molecule has 1 saturated heterocycles. The predicted octanol–water partition coefficient (Wildman–Crippen LogP) is 0.933. The molecule has 0 aromatic heterocycles. The molecule has 0 bridgehead atoms. The molecule has 0 radical (unpaired) electrons. The number of anilines is 2. The van der Waals surface area contributed by atoms with Gasteiger partial charge in [-0.25, -0.2) is 4.79 Å². The van der Waals surface area contributed by atoms with Crippen molar-refractivity contribution in [3.63, 3.8) is 0 Å². The highest BCUT2D eigenvalue weighted by molar-refractivity contribution is 7.85. The van der Waals surface area contributed by atoms with Gasteiger partial charge in [0, 0.05) is 46.8 Å². The maximum atomic E-state index is 11.7. The van der Waals surface area contributed by atoms with Crippen LogP contribution in [-0.4, -0.2) is 41.9 Å². The summed E-state index contributed by atoms with van der Waals surface area (Å²) in [6.07, 6.45) is 0. The highest BCUT2D eigenvalue weighted by atomic mass is 32.2. The Morgan fingerprint density at radius 1 is 1.37 bits per heavy atom. The molecule has 2 N–H and O–H groups in total. The zero-order valence-corrected chi connectivity index (χ0v) is 12.0. The second-order valence-corrected chi connectivity index (χ2v) is 6.25. The molecule has 0 amide bonds. The summed E-state index contributed by atoms with van der Waals surface area (Å²) < 4.78 is 16.1. The monoisotopic (exact) mass is 282 g/mol. The van der Waals surface area contributed by atoms with Gasteiger partial charge in [-0.2, -0.15) is 0 Å². The van der Waals surface area contributed by atoms with Gasteiger partial charge in [-0.05, 0) is 24.6 Å². The Morgan fingerprint density at radius 3 is 2.58 bits per heavy atom. The molecule has 0 unspecified atom stereocenters. The largest absolute Gasteiger partial charge is 0.465 e. The number of ether oxygens (including phenoxy) is 1. The highest BCUT2D eigenvalue weighted by Gasteiger charge is 2.19. The van der Waals surface area contributed by atoms with Crippen LogP contribution in [0.4, 0.5) is 11.4 Å². The van der Waals surface area contributed by atoms with Crippen LogP contribution in [0, 0.1) is 6.92 Å². The highest BCUT2D eigenvalue weighted by Crippen LogP contribution is 2.26. The first-order valence-electron chi connectivity index (χ1n) is 6.11. The van der Waals surface area contributed by atoms with E-state index in [1.807, 2.05) is 13.0 Å². The number of nitrogens with two attached hydrogens (primary N) is 1. The zero-order chi connectivity index (χ0) is 14.0. The molecule has 0 spiro atoms. The third-order valence-electron chi connectivity index (χ3n) is 3.32. The van der Waals surface area contributed by atoms with E-state index < -0.39 is 16.8 Å². The molecule has 1 fully saturated rings. The maximum Gasteiger partial charge on any atom is 0.340 e. The fourth-order valence-corrected chi connectivity index (χ4v) is 3.19. The number of nitrogens with zero attached hydrogens (tertiary/aromatic N) is 1. The van der Waals surface area contributed by atoms with E-state index in [9.17, 15) is 9.00 Å². The average Bonchev–Trinajstić information content (AvgIpc) is 2.41. The maximum absolute atomic E-state index is 11.7. The number of benzene rings is 1. The summed E-state index contributed by atoms with van der Waals surface area (Å²) >= 11 is 0. The van der Waals surface area contributed by atoms with Gasteiger partial charge >= 0.3 is 5.97 Å². The summed E-state index contributed by atoms with van der Waals surface area (Å²) in [4.78, 5) is 13.8. The Bertz CT molecular complexity index is 521. The summed E-state index contributed by atoms with van der Waals surface area (Å²) in [6.45, 7) is 3.33. The Kier molecular flexibility index (Phi) is 4.09. The van der Waals surface area contributed by atoms with Crippen LogP contribution in [0.2, 0.25) is 0 Å². The van der Waals surface area contributed by atoms with Gasteiger partial charge in [0.25, 0.3) is 0 Å². The van der Waals surface area contributed by atoms with Gasteiger partial charge in [0.05, 0.1) is 12.7 Å². The number of methoxy groups -OCH3 is 1. The Labute approximate surface area is 115 Å². The first-order valence-corrected chi connectivity index (χ1v) is 7.60. The first kappa shape index (κ1) is 13.9. The summed E-state index contributed by atoms with van der Waals surface area (Å²) in [7, 11) is 0.623. The van der Waals surface area contributed by atoms with Gasteiger partial charge in [-0.3, -0.25) is 4.21 Å². The molecule has 19 heavy (non-hydrogen) atoms. The van der Waals surface area contributed by atoms with Crippen LogP contribution in [0.15, 0.2) is 12.1 Å². The van der Waals surface area contributed by atoms with Crippen molar-refractivity contribution in [1.29, 1.82) is 0 Å². The number of hydrogen-bond acceptors (Lipinski definition) is 5. The molecule has 1 heterocycles. The standard InChI is InChI=1S/C13H18N2O3S/c1-9-7-10(15-3-5-19(17)6-4-15)8-11(12(9)14)13(16)18-2/h7-8H,3-6,14H2,1-2H3. The van der Waals surface area contributed by atoms with Gasteiger partial charge in [0.15, 0.2) is 0 Å². The topological polar surface area (TPSA) is 72.6 Å². The molecule has 1 aliphatic heterocycles. The van der Waals surface area contributed by atoms with Crippen molar-refractivity contribution in [2.75, 3.05) is 42.3 Å². The van der Waals surface area contributed by atoms with E-state index in [-0.39, 0.29) is 0 Å². The zero-order valence-electron chi connectivity index (χ0n) is 11.1. The molecule has 0 atom stereocenters. The fraction of sp³-hybridized carbons (Fsp3) is 0.462. The van der Waals surface area contributed by atoms with Crippen molar-refractivity contribution in [3.05, 3.63) is 23.3 Å². The Morgan fingerprint density at radius 2 is 2.00 bits per heavy atom. The molecular formula is C13H18N2O3S. The number of carbonyl (C=O) groups excluding carboxylic acids is 1. The first-order chi connectivity index (χ1) is 9.02. The van der Waals surface area contributed by atoms with E-state index in [0.717, 1.165) is 24.3 Å². The molecule has 1 aliphatic rings. The van der Waals surface area contributed by atoms with Crippen LogP contribution in [-0.2, 0) is 15.5 Å². The minimum absolute atomic E-state index is 0.393. The van der Waals surface area contributed by atoms with Crippen molar-refractivity contribution < 1.29 is 13.7 Å². The lowest BCUT2D eigenvalue weighted by molar-refractivity contribution is 0.0602. The van der Waals surface area contributed by atoms with Crippen LogP contribution < -0.4 is 10.6 Å². The second kappa shape index (κ2) is 5.61. The van der Waals surface area contributed by atoms with Crippen molar-refractivity contribution in [2.45, 2.75) is 6.92 Å². The Balaban J connectivity index is 2.34. The van der Waals surface area contributed by atoms with Crippen LogP contribution in [0.5, 0.6) is 0 Å². The molecule has 0 aliphatic carbocycles. The smallest absolute Gasteiger partial charge is 0.340 e. The van der Waals surface area contributed by atoms with Crippen LogP contribution in [0.1, 0.15) is 15.9 Å². The second-order valence-electron chi connectivity index (χ2n) is 4.55. The molecular weight excluding hydrogens is 264 g/mol. The van der Waals surface area contributed by atoms with E-state index >= 15 is 0 Å². The molecule has 104 valence electrons.